The van der Waals surface area contributed by atoms with Gasteiger partial charge >= 0.3 is 6.36 Å². The molecule has 1 heterocycles. The second-order valence-corrected chi connectivity index (χ2v) is 3.95. The molecule has 0 saturated heterocycles. The summed E-state index contributed by atoms with van der Waals surface area (Å²) in [6.45, 7) is 1.20. The monoisotopic (exact) mass is 353 g/mol. The van der Waals surface area contributed by atoms with Gasteiger partial charge in [-0.2, -0.15) is 0 Å². The molecule has 0 aromatic carbocycles. The van der Waals surface area contributed by atoms with Crippen LogP contribution in [-0.4, -0.2) is 11.3 Å². The second kappa shape index (κ2) is 4.68. The van der Waals surface area contributed by atoms with Crippen molar-refractivity contribution in [1.29, 1.82) is 0 Å². The van der Waals surface area contributed by atoms with Crippen LogP contribution in [0, 0.1) is 10.5 Å². The molecule has 16 heavy (non-hydrogen) atoms. The fraction of sp³-hybridized carbons (Fsp3) is 0.375. The van der Waals surface area contributed by atoms with Gasteiger partial charge in [-0.05, 0) is 29.5 Å². The molecule has 8 heteroatoms. The lowest BCUT2D eigenvalue weighted by Crippen LogP contribution is -2.18. The van der Waals surface area contributed by atoms with E-state index in [-0.39, 0.29) is 14.8 Å². The Bertz CT molecular complexity index is 370. The van der Waals surface area contributed by atoms with Crippen molar-refractivity contribution < 1.29 is 26.7 Å². The summed E-state index contributed by atoms with van der Waals surface area (Å²) in [6.07, 6.45) is -7.66. The molecule has 0 N–H and O–H groups in total. The number of alkyl halides is 5. The maximum atomic E-state index is 12.5. The fourth-order valence-corrected chi connectivity index (χ4v) is 1.94. The first-order valence-corrected chi connectivity index (χ1v) is 4.99. The second-order valence-electron chi connectivity index (χ2n) is 2.79. The number of aromatic nitrogens is 1. The molecule has 1 aromatic rings. The van der Waals surface area contributed by atoms with E-state index < -0.39 is 18.7 Å². The van der Waals surface area contributed by atoms with Crippen molar-refractivity contribution in [2.45, 2.75) is 19.7 Å². The smallest absolute Gasteiger partial charge is 0.388 e. The Morgan fingerprint density at radius 2 is 1.94 bits per heavy atom. The Morgan fingerprint density at radius 1 is 1.38 bits per heavy atom. The summed E-state index contributed by atoms with van der Waals surface area (Å²) >= 11 is 1.51. The molecule has 0 aliphatic heterocycles. The molecule has 0 unspecified atom stereocenters. The minimum absolute atomic E-state index is 0.0145. The topological polar surface area (TPSA) is 22.1 Å². The Kier molecular flexibility index (Phi) is 3.92. The SMILES string of the molecule is Cc1nc(OC(F)(F)F)cc(I)c1C(F)F. The van der Waals surface area contributed by atoms with Crippen molar-refractivity contribution in [3.05, 3.63) is 20.9 Å². The molecule has 0 aliphatic carbocycles. The molecular weight excluding hydrogens is 348 g/mol. The van der Waals surface area contributed by atoms with E-state index in [1.807, 2.05) is 0 Å². The molecule has 0 saturated carbocycles. The summed E-state index contributed by atoms with van der Waals surface area (Å²) < 4.78 is 64.0. The van der Waals surface area contributed by atoms with Crippen molar-refractivity contribution in [1.82, 2.24) is 4.98 Å². The van der Waals surface area contributed by atoms with Crippen LogP contribution in [0.2, 0.25) is 0 Å². The molecule has 0 fully saturated rings. The molecular formula is C8H5F5INO. The van der Waals surface area contributed by atoms with Gasteiger partial charge in [-0.1, -0.05) is 0 Å². The van der Waals surface area contributed by atoms with Crippen LogP contribution in [-0.2, 0) is 0 Å². The predicted octanol–water partition coefficient (Wildman–Crippen LogP) is 3.83. The van der Waals surface area contributed by atoms with Gasteiger partial charge in [-0.25, -0.2) is 13.8 Å². The van der Waals surface area contributed by atoms with Crippen molar-refractivity contribution in [2.75, 3.05) is 0 Å². The van der Waals surface area contributed by atoms with Crippen LogP contribution in [0.1, 0.15) is 17.7 Å². The van der Waals surface area contributed by atoms with Crippen molar-refractivity contribution in [3.8, 4) is 5.88 Å². The first-order valence-electron chi connectivity index (χ1n) is 3.91. The summed E-state index contributed by atoms with van der Waals surface area (Å²) in [7, 11) is 0. The van der Waals surface area contributed by atoms with Crippen molar-refractivity contribution >= 4 is 22.6 Å². The highest BCUT2D eigenvalue weighted by Gasteiger charge is 2.32. The van der Waals surface area contributed by atoms with Crippen LogP contribution in [0.4, 0.5) is 22.0 Å². The maximum Gasteiger partial charge on any atom is 0.574 e. The molecule has 0 bridgehead atoms. The average molecular weight is 353 g/mol. The molecule has 1 rings (SSSR count). The standard InChI is InChI=1S/C8H5F5INO/c1-3-6(7(9)10)4(14)2-5(15-3)16-8(11,12)13/h2,7H,1H3. The van der Waals surface area contributed by atoms with Gasteiger partial charge in [0, 0.05) is 9.64 Å². The lowest BCUT2D eigenvalue weighted by molar-refractivity contribution is -0.276. The maximum absolute atomic E-state index is 12.5. The van der Waals surface area contributed by atoms with Gasteiger partial charge in [0.1, 0.15) is 0 Å². The lowest BCUT2D eigenvalue weighted by Gasteiger charge is -2.12. The predicted molar refractivity (Wildman–Crippen MR) is 53.3 cm³/mol. The van der Waals surface area contributed by atoms with Crippen LogP contribution in [0.3, 0.4) is 0 Å². The van der Waals surface area contributed by atoms with Gasteiger partial charge in [0.05, 0.1) is 11.3 Å². The number of hydrogen-bond acceptors (Lipinski definition) is 2. The van der Waals surface area contributed by atoms with E-state index in [9.17, 15) is 22.0 Å². The van der Waals surface area contributed by atoms with E-state index in [2.05, 4.69) is 9.72 Å². The van der Waals surface area contributed by atoms with E-state index in [1.165, 1.54) is 29.5 Å². The van der Waals surface area contributed by atoms with E-state index in [1.54, 1.807) is 0 Å². The van der Waals surface area contributed by atoms with Gasteiger partial charge in [-0.15, -0.1) is 13.2 Å². The summed E-state index contributed by atoms with van der Waals surface area (Å²) in [4.78, 5) is 3.31. The van der Waals surface area contributed by atoms with Crippen LogP contribution < -0.4 is 4.74 Å². The molecule has 1 aromatic heterocycles. The summed E-state index contributed by atoms with van der Waals surface area (Å²) in [5, 5.41) is 0. The number of pyridine rings is 1. The molecule has 0 atom stereocenters. The number of nitrogens with zero attached hydrogens (tertiary/aromatic N) is 1. The van der Waals surface area contributed by atoms with E-state index in [0.29, 0.717) is 0 Å². The Labute approximate surface area is 101 Å². The number of ether oxygens (including phenoxy) is 1. The van der Waals surface area contributed by atoms with Gasteiger partial charge in [-0.3, -0.25) is 0 Å². The molecule has 2 nitrogen and oxygen atoms in total. The first-order chi connectivity index (χ1) is 7.20. The van der Waals surface area contributed by atoms with Gasteiger partial charge in [0.25, 0.3) is 6.43 Å². The van der Waals surface area contributed by atoms with Crippen LogP contribution in [0.25, 0.3) is 0 Å². The molecule has 90 valence electrons. The zero-order chi connectivity index (χ0) is 12.5. The number of rotatable bonds is 2. The zero-order valence-electron chi connectivity index (χ0n) is 7.78. The lowest BCUT2D eigenvalue weighted by atomic mass is 10.2. The largest absolute Gasteiger partial charge is 0.574 e. The zero-order valence-corrected chi connectivity index (χ0v) is 9.94. The Hall–Kier alpha value is -0.670. The van der Waals surface area contributed by atoms with Crippen LogP contribution in [0.5, 0.6) is 5.88 Å². The third-order valence-electron chi connectivity index (χ3n) is 1.61. The third kappa shape index (κ3) is 3.42. The summed E-state index contributed by atoms with van der Waals surface area (Å²) in [5.41, 5.74) is -0.559. The molecule has 0 radical (unpaired) electrons. The highest BCUT2D eigenvalue weighted by atomic mass is 127. The highest BCUT2D eigenvalue weighted by molar-refractivity contribution is 14.1. The van der Waals surface area contributed by atoms with Gasteiger partial charge < -0.3 is 4.74 Å². The van der Waals surface area contributed by atoms with E-state index in [4.69, 9.17) is 0 Å². The minimum atomic E-state index is -4.88. The average Bonchev–Trinajstić information content (AvgIpc) is 1.96. The van der Waals surface area contributed by atoms with Crippen molar-refractivity contribution in [3.63, 3.8) is 0 Å². The first kappa shape index (κ1) is 13.4. The summed E-state index contributed by atoms with van der Waals surface area (Å²) in [6, 6.07) is 0.822. The quantitative estimate of drug-likeness (QED) is 0.596. The highest BCUT2D eigenvalue weighted by Crippen LogP contribution is 2.30. The van der Waals surface area contributed by atoms with E-state index >= 15 is 0 Å². The normalized spacial score (nSPS) is 12.0. The van der Waals surface area contributed by atoms with Crippen molar-refractivity contribution in [2.24, 2.45) is 0 Å². The van der Waals surface area contributed by atoms with E-state index in [0.717, 1.165) is 6.07 Å². The Morgan fingerprint density at radius 3 is 2.31 bits per heavy atom. The molecule has 0 amide bonds. The third-order valence-corrected chi connectivity index (χ3v) is 2.51. The number of hydrogen-bond donors (Lipinski definition) is 0. The number of aryl methyl sites for hydroxylation is 1. The van der Waals surface area contributed by atoms with Gasteiger partial charge in [0.15, 0.2) is 0 Å². The minimum Gasteiger partial charge on any atom is -0.388 e. The Balaban J connectivity index is 3.10. The fourth-order valence-electron chi connectivity index (χ4n) is 1.05. The number of halogens is 6. The molecule has 0 aliphatic rings. The summed E-state index contributed by atoms with van der Waals surface area (Å²) in [5.74, 6) is -0.737. The van der Waals surface area contributed by atoms with Crippen LogP contribution in [0.15, 0.2) is 6.07 Å². The van der Waals surface area contributed by atoms with Crippen LogP contribution >= 0.6 is 22.6 Å². The molecule has 0 spiro atoms. The van der Waals surface area contributed by atoms with Gasteiger partial charge in [0.2, 0.25) is 5.88 Å².